The first-order valence-electron chi connectivity index (χ1n) is 6.78. The summed E-state index contributed by atoms with van der Waals surface area (Å²) in [6, 6.07) is 7.52. The predicted molar refractivity (Wildman–Crippen MR) is 74.6 cm³/mol. The lowest BCUT2D eigenvalue weighted by Gasteiger charge is -2.35. The van der Waals surface area contributed by atoms with E-state index in [2.05, 4.69) is 36.9 Å². The van der Waals surface area contributed by atoms with E-state index in [9.17, 15) is 0 Å². The van der Waals surface area contributed by atoms with E-state index in [-0.39, 0.29) is 0 Å². The number of aryl methyl sites for hydroxylation is 1. The maximum absolute atomic E-state index is 5.62. The SMILES string of the molecule is Cc1cc(N2CCCCC2C)ccc1CCN. The van der Waals surface area contributed by atoms with Crippen LogP contribution in [0.5, 0.6) is 0 Å². The third-order valence-corrected chi connectivity index (χ3v) is 3.87. The molecule has 0 saturated carbocycles. The normalized spacial score (nSPS) is 20.6. The first-order chi connectivity index (χ1) is 8.22. The lowest BCUT2D eigenvalue weighted by Crippen LogP contribution is -2.37. The summed E-state index contributed by atoms with van der Waals surface area (Å²) >= 11 is 0. The molecule has 1 atom stereocenters. The Morgan fingerprint density at radius 2 is 2.18 bits per heavy atom. The predicted octanol–water partition coefficient (Wildman–Crippen LogP) is 2.88. The zero-order valence-electron chi connectivity index (χ0n) is 11.1. The van der Waals surface area contributed by atoms with Crippen molar-refractivity contribution >= 4 is 5.69 Å². The summed E-state index contributed by atoms with van der Waals surface area (Å²) in [5, 5.41) is 0. The van der Waals surface area contributed by atoms with Gasteiger partial charge in [-0.15, -0.1) is 0 Å². The van der Waals surface area contributed by atoms with Gasteiger partial charge in [-0.25, -0.2) is 0 Å². The Labute approximate surface area is 105 Å². The van der Waals surface area contributed by atoms with E-state index in [0.29, 0.717) is 6.04 Å². The number of nitrogens with zero attached hydrogens (tertiary/aromatic N) is 1. The van der Waals surface area contributed by atoms with Gasteiger partial charge >= 0.3 is 0 Å². The van der Waals surface area contributed by atoms with Crippen molar-refractivity contribution in [3.63, 3.8) is 0 Å². The molecule has 1 heterocycles. The molecule has 1 aliphatic heterocycles. The van der Waals surface area contributed by atoms with E-state index in [4.69, 9.17) is 5.73 Å². The Hall–Kier alpha value is -1.02. The fraction of sp³-hybridized carbons (Fsp3) is 0.600. The van der Waals surface area contributed by atoms with Crippen LogP contribution in [0.1, 0.15) is 37.3 Å². The lowest BCUT2D eigenvalue weighted by atomic mass is 10.00. The van der Waals surface area contributed by atoms with Gasteiger partial charge < -0.3 is 10.6 Å². The van der Waals surface area contributed by atoms with Crippen LogP contribution in [0.25, 0.3) is 0 Å². The van der Waals surface area contributed by atoms with Crippen molar-refractivity contribution in [1.29, 1.82) is 0 Å². The number of rotatable bonds is 3. The molecule has 17 heavy (non-hydrogen) atoms. The molecule has 0 amide bonds. The third kappa shape index (κ3) is 2.81. The number of hydrogen-bond donors (Lipinski definition) is 1. The van der Waals surface area contributed by atoms with Gasteiger partial charge in [0.05, 0.1) is 0 Å². The van der Waals surface area contributed by atoms with Crippen molar-refractivity contribution in [3.05, 3.63) is 29.3 Å². The third-order valence-electron chi connectivity index (χ3n) is 3.87. The molecule has 1 aromatic rings. The number of nitrogens with two attached hydrogens (primary N) is 1. The van der Waals surface area contributed by atoms with Crippen LogP contribution in [-0.2, 0) is 6.42 Å². The van der Waals surface area contributed by atoms with Crippen LogP contribution in [0.4, 0.5) is 5.69 Å². The molecule has 2 nitrogen and oxygen atoms in total. The fourth-order valence-electron chi connectivity index (χ4n) is 2.78. The standard InChI is InChI=1S/C15H24N2/c1-12-11-15(7-6-14(12)8-9-16)17-10-4-3-5-13(17)2/h6-7,11,13H,3-5,8-10,16H2,1-2H3. The van der Waals surface area contributed by atoms with Gasteiger partial charge in [0.2, 0.25) is 0 Å². The van der Waals surface area contributed by atoms with Crippen molar-refractivity contribution in [2.45, 2.75) is 45.6 Å². The first-order valence-corrected chi connectivity index (χ1v) is 6.78. The zero-order valence-corrected chi connectivity index (χ0v) is 11.1. The molecule has 1 saturated heterocycles. The Morgan fingerprint density at radius 3 is 2.82 bits per heavy atom. The van der Waals surface area contributed by atoms with E-state index in [1.54, 1.807) is 0 Å². The van der Waals surface area contributed by atoms with E-state index in [0.717, 1.165) is 13.0 Å². The molecule has 1 unspecified atom stereocenters. The van der Waals surface area contributed by atoms with Crippen LogP contribution in [0.15, 0.2) is 18.2 Å². The van der Waals surface area contributed by atoms with Crippen LogP contribution in [0.2, 0.25) is 0 Å². The van der Waals surface area contributed by atoms with E-state index in [1.807, 2.05) is 0 Å². The summed E-state index contributed by atoms with van der Waals surface area (Å²) in [4.78, 5) is 2.54. The average Bonchev–Trinajstić information content (AvgIpc) is 2.33. The van der Waals surface area contributed by atoms with Crippen LogP contribution in [0, 0.1) is 6.92 Å². The topological polar surface area (TPSA) is 29.3 Å². The van der Waals surface area contributed by atoms with Gasteiger partial charge in [0.1, 0.15) is 0 Å². The largest absolute Gasteiger partial charge is 0.369 e. The highest BCUT2D eigenvalue weighted by Crippen LogP contribution is 2.26. The van der Waals surface area contributed by atoms with Gasteiger partial charge in [-0.05, 0) is 69.3 Å². The molecule has 1 aromatic carbocycles. The molecule has 2 heteroatoms. The quantitative estimate of drug-likeness (QED) is 0.868. The van der Waals surface area contributed by atoms with Gasteiger partial charge in [-0.1, -0.05) is 6.07 Å². The number of benzene rings is 1. The molecule has 2 N–H and O–H groups in total. The minimum absolute atomic E-state index is 0.684. The molecular formula is C15H24N2. The van der Waals surface area contributed by atoms with Crippen LogP contribution in [-0.4, -0.2) is 19.1 Å². The van der Waals surface area contributed by atoms with Crippen molar-refractivity contribution in [1.82, 2.24) is 0 Å². The number of anilines is 1. The summed E-state index contributed by atoms with van der Waals surface area (Å²) in [6.45, 7) is 6.47. The average molecular weight is 232 g/mol. The summed E-state index contributed by atoms with van der Waals surface area (Å²) in [7, 11) is 0. The van der Waals surface area contributed by atoms with E-state index < -0.39 is 0 Å². The van der Waals surface area contributed by atoms with Gasteiger partial charge in [0, 0.05) is 18.3 Å². The fourth-order valence-corrected chi connectivity index (χ4v) is 2.78. The smallest absolute Gasteiger partial charge is 0.0371 e. The van der Waals surface area contributed by atoms with Crippen molar-refractivity contribution in [2.75, 3.05) is 18.0 Å². The Morgan fingerprint density at radius 1 is 1.35 bits per heavy atom. The number of piperidine rings is 1. The van der Waals surface area contributed by atoms with E-state index in [1.165, 1.54) is 42.6 Å². The summed E-state index contributed by atoms with van der Waals surface area (Å²) < 4.78 is 0. The van der Waals surface area contributed by atoms with Gasteiger partial charge in [-0.2, -0.15) is 0 Å². The molecule has 0 aromatic heterocycles. The zero-order chi connectivity index (χ0) is 12.3. The molecule has 0 aliphatic carbocycles. The second-order valence-electron chi connectivity index (χ2n) is 5.19. The molecule has 2 rings (SSSR count). The summed E-state index contributed by atoms with van der Waals surface area (Å²) in [5.74, 6) is 0. The molecule has 1 aliphatic rings. The maximum atomic E-state index is 5.62. The Balaban J connectivity index is 2.18. The Kier molecular flexibility index (Phi) is 4.06. The maximum Gasteiger partial charge on any atom is 0.0371 e. The molecule has 0 bridgehead atoms. The molecular weight excluding hydrogens is 208 g/mol. The van der Waals surface area contributed by atoms with Gasteiger partial charge in [0.25, 0.3) is 0 Å². The highest BCUT2D eigenvalue weighted by molar-refractivity contribution is 5.52. The highest BCUT2D eigenvalue weighted by atomic mass is 15.2. The minimum atomic E-state index is 0.684. The highest BCUT2D eigenvalue weighted by Gasteiger charge is 2.18. The Bertz CT molecular complexity index is 373. The summed E-state index contributed by atoms with van der Waals surface area (Å²) in [5.41, 5.74) is 9.78. The summed E-state index contributed by atoms with van der Waals surface area (Å²) in [6.07, 6.45) is 5.01. The second-order valence-corrected chi connectivity index (χ2v) is 5.19. The van der Waals surface area contributed by atoms with E-state index >= 15 is 0 Å². The lowest BCUT2D eigenvalue weighted by molar-refractivity contribution is 0.485. The van der Waals surface area contributed by atoms with Crippen molar-refractivity contribution in [3.8, 4) is 0 Å². The van der Waals surface area contributed by atoms with Gasteiger partial charge in [-0.3, -0.25) is 0 Å². The van der Waals surface area contributed by atoms with Gasteiger partial charge in [0.15, 0.2) is 0 Å². The molecule has 0 radical (unpaired) electrons. The molecule has 0 spiro atoms. The first kappa shape index (κ1) is 12.4. The van der Waals surface area contributed by atoms with Crippen LogP contribution < -0.4 is 10.6 Å². The second kappa shape index (κ2) is 5.54. The molecule has 94 valence electrons. The number of hydrogen-bond acceptors (Lipinski definition) is 2. The van der Waals surface area contributed by atoms with Crippen molar-refractivity contribution < 1.29 is 0 Å². The molecule has 1 fully saturated rings. The van der Waals surface area contributed by atoms with Crippen LogP contribution >= 0.6 is 0 Å². The minimum Gasteiger partial charge on any atom is -0.369 e. The van der Waals surface area contributed by atoms with Crippen molar-refractivity contribution in [2.24, 2.45) is 5.73 Å². The van der Waals surface area contributed by atoms with Crippen LogP contribution in [0.3, 0.4) is 0 Å². The monoisotopic (exact) mass is 232 g/mol.